The van der Waals surface area contributed by atoms with Crippen molar-refractivity contribution in [3.05, 3.63) is 59.7 Å². The van der Waals surface area contributed by atoms with E-state index in [1.54, 1.807) is 42.3 Å². The highest BCUT2D eigenvalue weighted by molar-refractivity contribution is 6.34. The maximum Gasteiger partial charge on any atom is 0.283 e. The molecular formula is C17H15FN7O+. The van der Waals surface area contributed by atoms with Crippen LogP contribution in [0, 0.1) is 5.82 Å². The minimum Gasteiger partial charge on any atom is -0.384 e. The van der Waals surface area contributed by atoms with E-state index in [0.29, 0.717) is 16.9 Å². The molecule has 4 rings (SSSR count). The lowest BCUT2D eigenvalue weighted by Crippen LogP contribution is -2.25. The van der Waals surface area contributed by atoms with Gasteiger partial charge in [-0.15, -0.1) is 4.68 Å². The molecule has 3 N–H and O–H groups in total. The fraction of sp³-hybridized carbons (Fsp3) is 0.118. The first-order valence-corrected chi connectivity index (χ1v) is 7.83. The lowest BCUT2D eigenvalue weighted by atomic mass is 10.0. The van der Waals surface area contributed by atoms with Crippen LogP contribution in [-0.2, 0) is 0 Å². The van der Waals surface area contributed by atoms with E-state index < -0.39 is 11.9 Å². The summed E-state index contributed by atoms with van der Waals surface area (Å²) in [5.41, 5.74) is 10.5. The van der Waals surface area contributed by atoms with Crippen LogP contribution in [0.1, 0.15) is 22.0 Å². The Morgan fingerprint density at radius 1 is 1.42 bits per heavy atom. The molecule has 1 unspecified atom stereocenters. The molecule has 8 nitrogen and oxygen atoms in total. The zero-order valence-corrected chi connectivity index (χ0v) is 13.8. The van der Waals surface area contributed by atoms with Crippen LogP contribution < -0.4 is 11.2 Å². The number of hydrazone groups is 1. The smallest absolute Gasteiger partial charge is 0.283 e. The third-order valence-corrected chi connectivity index (χ3v) is 3.99. The summed E-state index contributed by atoms with van der Waals surface area (Å²) in [6.45, 7) is 0. The second-order valence-corrected chi connectivity index (χ2v) is 5.88. The van der Waals surface area contributed by atoms with E-state index in [-0.39, 0.29) is 17.2 Å². The fourth-order valence-electron chi connectivity index (χ4n) is 2.82. The molecule has 1 aromatic carbocycles. The van der Waals surface area contributed by atoms with Crippen LogP contribution in [0.5, 0.6) is 0 Å². The summed E-state index contributed by atoms with van der Waals surface area (Å²) in [7, 11) is 1.77. The van der Waals surface area contributed by atoms with Gasteiger partial charge in [0.05, 0.1) is 6.20 Å². The molecular weight excluding hydrogens is 337 g/mol. The number of amides is 1. The van der Waals surface area contributed by atoms with Crippen molar-refractivity contribution in [3.63, 3.8) is 0 Å². The van der Waals surface area contributed by atoms with E-state index in [9.17, 15) is 9.18 Å². The summed E-state index contributed by atoms with van der Waals surface area (Å²) in [5.74, 6) is -0.569. The average Bonchev–Trinajstić information content (AvgIpc) is 3.17. The number of nitrogens with zero attached hydrogens (tertiary/aromatic N) is 5. The maximum atomic E-state index is 13.6. The van der Waals surface area contributed by atoms with Crippen LogP contribution >= 0.6 is 0 Å². The van der Waals surface area contributed by atoms with E-state index in [2.05, 4.69) is 20.5 Å². The largest absolute Gasteiger partial charge is 0.384 e. The van der Waals surface area contributed by atoms with Crippen molar-refractivity contribution < 1.29 is 13.9 Å². The molecule has 0 bridgehead atoms. The number of nitrogens with two attached hydrogens (primary N) is 1. The number of hydrogen-bond acceptors (Lipinski definition) is 5. The molecule has 0 spiro atoms. The minimum atomic E-state index is -0.497. The standard InChI is InChI=1S/C17H14FN7O/c1-24-9-13(15(23-24)10-3-2-4-11(18)7-10)21-17(26)12-8-20-25-6-5-14(19)22-16(12)25/h2-9,15H,1H3,(H2-,19,20,21,22,23,26)/p+1. The van der Waals surface area contributed by atoms with E-state index >= 15 is 0 Å². The van der Waals surface area contributed by atoms with Gasteiger partial charge in [-0.2, -0.15) is 10.5 Å². The van der Waals surface area contributed by atoms with Crippen molar-refractivity contribution in [2.24, 2.45) is 4.99 Å². The molecule has 3 heterocycles. The molecule has 26 heavy (non-hydrogen) atoms. The van der Waals surface area contributed by atoms with Crippen molar-refractivity contribution in [2.75, 3.05) is 12.8 Å². The summed E-state index contributed by atoms with van der Waals surface area (Å²) in [6, 6.07) is 7.31. The summed E-state index contributed by atoms with van der Waals surface area (Å²) in [5, 5.41) is 4.08. The van der Waals surface area contributed by atoms with Gasteiger partial charge in [-0.05, 0) is 23.8 Å². The monoisotopic (exact) mass is 352 g/mol. The third kappa shape index (κ3) is 2.79. The first kappa shape index (κ1) is 15.9. The Morgan fingerprint density at radius 2 is 2.27 bits per heavy atom. The number of aromatic nitrogens is 3. The summed E-state index contributed by atoms with van der Waals surface area (Å²) >= 11 is 0. The number of anilines is 1. The first-order chi connectivity index (χ1) is 12.5. The van der Waals surface area contributed by atoms with Gasteiger partial charge in [-0.1, -0.05) is 12.1 Å². The predicted octanol–water partition coefficient (Wildman–Crippen LogP) is 1.00. The molecule has 2 aromatic heterocycles. The van der Waals surface area contributed by atoms with Gasteiger partial charge in [0.15, 0.2) is 18.7 Å². The van der Waals surface area contributed by atoms with Gasteiger partial charge < -0.3 is 5.73 Å². The molecule has 130 valence electrons. The van der Waals surface area contributed by atoms with Gasteiger partial charge in [-0.25, -0.2) is 18.9 Å². The number of hydrogen-bond donors (Lipinski definition) is 2. The topological polar surface area (TPSA) is 101 Å². The van der Waals surface area contributed by atoms with E-state index in [1.165, 1.54) is 22.8 Å². The number of halogens is 1. The molecule has 0 radical (unpaired) electrons. The second-order valence-electron chi connectivity index (χ2n) is 5.88. The molecule has 0 saturated heterocycles. The maximum absolute atomic E-state index is 13.6. The van der Waals surface area contributed by atoms with Crippen molar-refractivity contribution in [2.45, 2.75) is 6.04 Å². The molecule has 1 aliphatic rings. The number of benzene rings is 1. The van der Waals surface area contributed by atoms with Crippen LogP contribution in [0.2, 0.25) is 0 Å². The highest BCUT2D eigenvalue weighted by Gasteiger charge is 2.30. The molecule has 1 atom stereocenters. The first-order valence-electron chi connectivity index (χ1n) is 7.83. The number of carbonyl (C=O) groups excluding carboxylic acids is 1. The molecule has 0 saturated carbocycles. The normalized spacial score (nSPS) is 18.2. The Bertz CT molecular complexity index is 1090. The lowest BCUT2D eigenvalue weighted by molar-refractivity contribution is -0.552. The van der Waals surface area contributed by atoms with Crippen LogP contribution in [-0.4, -0.2) is 44.2 Å². The number of hydrazine groups is 1. The van der Waals surface area contributed by atoms with Crippen LogP contribution in [0.4, 0.5) is 10.2 Å². The quantitative estimate of drug-likeness (QED) is 0.670. The molecule has 9 heteroatoms. The van der Waals surface area contributed by atoms with E-state index in [1.807, 2.05) is 0 Å². The SMILES string of the molecule is C[N+]1=CC(=NC(=O)c2cnn3ccc(N)nc23)C(c2cccc(F)c2)N1. The fourth-order valence-corrected chi connectivity index (χ4v) is 2.82. The van der Waals surface area contributed by atoms with Gasteiger partial charge in [0.2, 0.25) is 6.21 Å². The van der Waals surface area contributed by atoms with Crippen molar-refractivity contribution in [1.82, 2.24) is 20.0 Å². The van der Waals surface area contributed by atoms with Gasteiger partial charge in [0, 0.05) is 6.20 Å². The van der Waals surface area contributed by atoms with Crippen LogP contribution in [0.15, 0.2) is 47.7 Å². The van der Waals surface area contributed by atoms with Crippen LogP contribution in [0.25, 0.3) is 5.65 Å². The Balaban J connectivity index is 1.73. The third-order valence-electron chi connectivity index (χ3n) is 3.99. The Labute approximate surface area is 147 Å². The van der Waals surface area contributed by atoms with E-state index in [4.69, 9.17) is 5.73 Å². The Hall–Kier alpha value is -3.62. The number of carbonyl (C=O) groups is 1. The highest BCUT2D eigenvalue weighted by Crippen LogP contribution is 2.19. The average molecular weight is 352 g/mol. The van der Waals surface area contributed by atoms with Crippen molar-refractivity contribution in [1.29, 1.82) is 0 Å². The molecule has 3 aromatic rings. The van der Waals surface area contributed by atoms with Crippen LogP contribution in [0.3, 0.4) is 0 Å². The second kappa shape index (κ2) is 6.03. The van der Waals surface area contributed by atoms with Crippen molar-refractivity contribution in [3.8, 4) is 0 Å². The zero-order valence-electron chi connectivity index (χ0n) is 13.8. The number of aliphatic imine (C=N–C) groups is 1. The summed E-state index contributed by atoms with van der Waals surface area (Å²) in [4.78, 5) is 21.0. The van der Waals surface area contributed by atoms with Gasteiger partial charge in [0.25, 0.3) is 5.91 Å². The van der Waals surface area contributed by atoms with Crippen molar-refractivity contribution >= 4 is 29.3 Å². The molecule has 0 fully saturated rings. The van der Waals surface area contributed by atoms with Gasteiger partial charge >= 0.3 is 0 Å². The van der Waals surface area contributed by atoms with E-state index in [0.717, 1.165) is 0 Å². The number of nitrogens with one attached hydrogen (secondary N) is 1. The molecule has 0 aliphatic carbocycles. The lowest BCUT2D eigenvalue weighted by Gasteiger charge is -2.08. The van der Waals surface area contributed by atoms with Gasteiger partial charge in [-0.3, -0.25) is 4.79 Å². The Morgan fingerprint density at radius 3 is 3.08 bits per heavy atom. The number of fused-ring (bicyclic) bond motifs is 1. The molecule has 1 aliphatic heterocycles. The summed E-state index contributed by atoms with van der Waals surface area (Å²) < 4.78 is 16.7. The zero-order chi connectivity index (χ0) is 18.3. The number of rotatable bonds is 2. The summed E-state index contributed by atoms with van der Waals surface area (Å²) in [6.07, 6.45) is 4.70. The minimum absolute atomic E-state index is 0.241. The Kier molecular flexibility index (Phi) is 3.68. The highest BCUT2D eigenvalue weighted by atomic mass is 19.1. The number of nitrogen functional groups attached to an aromatic ring is 1. The predicted molar refractivity (Wildman–Crippen MR) is 93.7 cm³/mol. The van der Waals surface area contributed by atoms with Gasteiger partial charge in [0.1, 0.15) is 22.9 Å². The molecule has 1 amide bonds.